The van der Waals surface area contributed by atoms with Gasteiger partial charge in [0.2, 0.25) is 0 Å². The highest BCUT2D eigenvalue weighted by Gasteiger charge is 2.17. The van der Waals surface area contributed by atoms with E-state index in [0.717, 1.165) is 23.6 Å². The zero-order valence-corrected chi connectivity index (χ0v) is 14.1. The maximum atomic E-state index is 11.3. The summed E-state index contributed by atoms with van der Waals surface area (Å²) in [5.41, 5.74) is 2.10. The quantitative estimate of drug-likeness (QED) is 0.803. The Hall–Kier alpha value is -1.08. The van der Waals surface area contributed by atoms with Gasteiger partial charge in [-0.2, -0.15) is 5.10 Å². The Labute approximate surface area is 122 Å². The van der Waals surface area contributed by atoms with Gasteiger partial charge in [0.25, 0.3) is 0 Å². The van der Waals surface area contributed by atoms with Crippen LogP contribution in [0.3, 0.4) is 0 Å². The Morgan fingerprint density at radius 3 is 2.50 bits per heavy atom. The van der Waals surface area contributed by atoms with Gasteiger partial charge in [-0.3, -0.25) is 4.68 Å². The van der Waals surface area contributed by atoms with E-state index in [1.807, 2.05) is 30.6 Å². The largest absolute Gasteiger partial charge is 0.359 e. The number of rotatable bonds is 7. The molecule has 0 aliphatic rings. The van der Waals surface area contributed by atoms with Crippen LogP contribution < -0.4 is 10.2 Å². The molecule has 0 atom stereocenters. The lowest BCUT2D eigenvalue weighted by atomic mass is 10.2. The van der Waals surface area contributed by atoms with E-state index in [4.69, 9.17) is 0 Å². The molecule has 0 aliphatic carbocycles. The van der Waals surface area contributed by atoms with Gasteiger partial charge in [0.1, 0.15) is 15.7 Å². The molecule has 6 nitrogen and oxygen atoms in total. The fourth-order valence-corrected chi connectivity index (χ4v) is 2.69. The summed E-state index contributed by atoms with van der Waals surface area (Å²) < 4.78 is 24.4. The van der Waals surface area contributed by atoms with Crippen molar-refractivity contribution in [3.8, 4) is 0 Å². The second kappa shape index (κ2) is 6.58. The average molecular weight is 302 g/mol. The molecule has 0 fully saturated rings. The van der Waals surface area contributed by atoms with E-state index in [1.54, 1.807) is 0 Å². The van der Waals surface area contributed by atoms with Crippen molar-refractivity contribution in [2.75, 3.05) is 30.5 Å². The summed E-state index contributed by atoms with van der Waals surface area (Å²) in [6.45, 7) is 7.37. The van der Waals surface area contributed by atoms with Crippen LogP contribution in [0.25, 0.3) is 0 Å². The molecule has 0 bridgehead atoms. The monoisotopic (exact) mass is 302 g/mol. The fraction of sp³-hybridized carbons (Fsp3) is 0.769. The van der Waals surface area contributed by atoms with Crippen molar-refractivity contribution < 1.29 is 8.42 Å². The van der Waals surface area contributed by atoms with E-state index in [-0.39, 0.29) is 5.75 Å². The van der Waals surface area contributed by atoms with Crippen LogP contribution in [0.4, 0.5) is 5.82 Å². The molecule has 116 valence electrons. The number of nitrogens with one attached hydrogen (secondary N) is 1. The molecule has 20 heavy (non-hydrogen) atoms. The number of sulfone groups is 1. The Morgan fingerprint density at radius 2 is 2.00 bits per heavy atom. The highest BCUT2D eigenvalue weighted by Crippen LogP contribution is 2.22. The summed E-state index contributed by atoms with van der Waals surface area (Å²) >= 11 is 0. The molecular weight excluding hydrogens is 276 g/mol. The summed E-state index contributed by atoms with van der Waals surface area (Å²) in [4.78, 5) is 1.96. The predicted octanol–water partition coefficient (Wildman–Crippen LogP) is 0.707. The first-order valence-corrected chi connectivity index (χ1v) is 8.82. The molecule has 0 amide bonds. The summed E-state index contributed by atoms with van der Waals surface area (Å²) in [6.07, 6.45) is 1.26. The molecule has 1 N–H and O–H groups in total. The smallest absolute Gasteiger partial charge is 0.149 e. The van der Waals surface area contributed by atoms with Gasteiger partial charge >= 0.3 is 0 Å². The van der Waals surface area contributed by atoms with Crippen molar-refractivity contribution >= 4 is 15.7 Å². The summed E-state index contributed by atoms with van der Waals surface area (Å²) in [5, 5.41) is 7.83. The third-order valence-electron chi connectivity index (χ3n) is 3.16. The lowest BCUT2D eigenvalue weighted by Crippen LogP contribution is -2.29. The molecule has 0 aromatic carbocycles. The number of hydrogen-bond acceptors (Lipinski definition) is 5. The molecule has 0 saturated carbocycles. The van der Waals surface area contributed by atoms with Gasteiger partial charge in [-0.05, 0) is 6.92 Å². The molecule has 0 unspecified atom stereocenters. The number of aromatic nitrogens is 2. The Balaban J connectivity index is 2.92. The van der Waals surface area contributed by atoms with Crippen molar-refractivity contribution in [1.82, 2.24) is 15.1 Å². The highest BCUT2D eigenvalue weighted by molar-refractivity contribution is 7.90. The first-order valence-electron chi connectivity index (χ1n) is 6.76. The molecule has 0 saturated heterocycles. The standard InChI is InChI=1S/C13H26N4O2S/c1-10(2)14-9-12-11(3)15-17(5)13(12)16(4)7-8-20(6,18)19/h10,14H,7-9H2,1-6H3. The van der Waals surface area contributed by atoms with E-state index in [1.165, 1.54) is 6.26 Å². The first-order chi connectivity index (χ1) is 9.11. The van der Waals surface area contributed by atoms with Crippen molar-refractivity contribution in [1.29, 1.82) is 0 Å². The zero-order valence-electron chi connectivity index (χ0n) is 13.3. The van der Waals surface area contributed by atoms with Crippen LogP contribution >= 0.6 is 0 Å². The molecule has 0 spiro atoms. The van der Waals surface area contributed by atoms with Crippen LogP contribution in [0.15, 0.2) is 0 Å². The zero-order chi connectivity index (χ0) is 15.5. The molecule has 1 heterocycles. The fourth-order valence-electron chi connectivity index (χ4n) is 2.09. The SMILES string of the molecule is Cc1nn(C)c(N(C)CCS(C)(=O)=O)c1CNC(C)C. The highest BCUT2D eigenvalue weighted by atomic mass is 32.2. The van der Waals surface area contributed by atoms with Crippen molar-refractivity contribution in [3.63, 3.8) is 0 Å². The van der Waals surface area contributed by atoms with Crippen LogP contribution in [-0.2, 0) is 23.4 Å². The van der Waals surface area contributed by atoms with E-state index in [0.29, 0.717) is 12.6 Å². The van der Waals surface area contributed by atoms with Gasteiger partial charge in [-0.15, -0.1) is 0 Å². The van der Waals surface area contributed by atoms with Gasteiger partial charge in [-0.1, -0.05) is 13.8 Å². The van der Waals surface area contributed by atoms with E-state index < -0.39 is 9.84 Å². The van der Waals surface area contributed by atoms with Crippen LogP contribution in [0, 0.1) is 6.92 Å². The minimum Gasteiger partial charge on any atom is -0.359 e. The maximum Gasteiger partial charge on any atom is 0.149 e. The topological polar surface area (TPSA) is 67.2 Å². The minimum atomic E-state index is -2.96. The summed E-state index contributed by atoms with van der Waals surface area (Å²) in [7, 11) is 0.832. The Kier molecular flexibility index (Phi) is 5.59. The summed E-state index contributed by atoms with van der Waals surface area (Å²) in [5.74, 6) is 1.12. The maximum absolute atomic E-state index is 11.3. The van der Waals surface area contributed by atoms with E-state index >= 15 is 0 Å². The van der Waals surface area contributed by atoms with E-state index in [9.17, 15) is 8.42 Å². The molecule has 1 rings (SSSR count). The molecule has 7 heteroatoms. The van der Waals surface area contributed by atoms with Crippen molar-refractivity contribution in [2.24, 2.45) is 7.05 Å². The van der Waals surface area contributed by atoms with E-state index in [2.05, 4.69) is 24.3 Å². The normalized spacial score (nSPS) is 12.2. The molecule has 1 aromatic heterocycles. The molecule has 0 radical (unpaired) electrons. The molecule has 1 aromatic rings. The average Bonchev–Trinajstić information content (AvgIpc) is 2.57. The van der Waals surface area contributed by atoms with Crippen molar-refractivity contribution in [3.05, 3.63) is 11.3 Å². The van der Waals surface area contributed by atoms with Gasteiger partial charge in [0, 0.05) is 45.0 Å². The second-order valence-corrected chi connectivity index (χ2v) is 7.86. The minimum absolute atomic E-state index is 0.144. The second-order valence-electron chi connectivity index (χ2n) is 5.60. The van der Waals surface area contributed by atoms with Crippen LogP contribution in [0.2, 0.25) is 0 Å². The number of hydrogen-bond donors (Lipinski definition) is 1. The van der Waals surface area contributed by atoms with Crippen molar-refractivity contribution in [2.45, 2.75) is 33.4 Å². The summed E-state index contributed by atoms with van der Waals surface area (Å²) in [6, 6.07) is 0.392. The first kappa shape index (κ1) is 17.0. The van der Waals surface area contributed by atoms with Crippen LogP contribution in [0.5, 0.6) is 0 Å². The number of nitrogens with zero attached hydrogens (tertiary/aromatic N) is 3. The van der Waals surface area contributed by atoms with Gasteiger partial charge in [0.15, 0.2) is 0 Å². The third-order valence-corrected chi connectivity index (χ3v) is 4.08. The number of aryl methyl sites for hydroxylation is 2. The van der Waals surface area contributed by atoms with Gasteiger partial charge in [-0.25, -0.2) is 8.42 Å². The van der Waals surface area contributed by atoms with Gasteiger partial charge in [0.05, 0.1) is 11.4 Å². The Bertz CT molecular complexity index is 549. The molecular formula is C13H26N4O2S. The lowest BCUT2D eigenvalue weighted by Gasteiger charge is -2.21. The Morgan fingerprint density at radius 1 is 1.40 bits per heavy atom. The van der Waals surface area contributed by atoms with Gasteiger partial charge < -0.3 is 10.2 Å². The lowest BCUT2D eigenvalue weighted by molar-refractivity contribution is 0.586. The third kappa shape index (κ3) is 4.79. The van der Waals surface area contributed by atoms with Crippen LogP contribution in [0.1, 0.15) is 25.1 Å². The van der Waals surface area contributed by atoms with Crippen LogP contribution in [-0.4, -0.2) is 49.8 Å². The predicted molar refractivity (Wildman–Crippen MR) is 82.9 cm³/mol. The molecule has 0 aliphatic heterocycles. The number of anilines is 1.